The zero-order chi connectivity index (χ0) is 38.9. The fourth-order valence-corrected chi connectivity index (χ4v) is 5.26. The second-order valence-corrected chi connectivity index (χ2v) is 11.7. The average Bonchev–Trinajstić information content (AvgIpc) is 3.11. The van der Waals surface area contributed by atoms with E-state index in [1.165, 1.54) is 50.6 Å². The van der Waals surface area contributed by atoms with E-state index in [-0.39, 0.29) is 69.9 Å². The fourth-order valence-electron chi connectivity index (χ4n) is 5.26. The van der Waals surface area contributed by atoms with Crippen LogP contribution in [0.25, 0.3) is 22.3 Å². The number of carbonyl (C=O) groups is 4. The molecule has 276 valence electrons. The number of anilines is 1. The van der Waals surface area contributed by atoms with Crippen molar-refractivity contribution in [1.82, 2.24) is 9.97 Å². The van der Waals surface area contributed by atoms with Crippen molar-refractivity contribution in [1.29, 1.82) is 0 Å². The number of esters is 4. The molecule has 14 heteroatoms. The first-order chi connectivity index (χ1) is 24.6. The molecule has 0 saturated heterocycles. The minimum atomic E-state index is -1.06. The van der Waals surface area contributed by atoms with E-state index < -0.39 is 47.0 Å². The Morgan fingerprint density at radius 3 is 1.33 bits per heavy atom. The van der Waals surface area contributed by atoms with E-state index >= 15 is 0 Å². The Morgan fingerprint density at radius 1 is 0.596 bits per heavy atom. The van der Waals surface area contributed by atoms with Crippen molar-refractivity contribution in [2.75, 3.05) is 33.2 Å². The van der Waals surface area contributed by atoms with Crippen LogP contribution in [-0.4, -0.2) is 61.3 Å². The highest BCUT2D eigenvalue weighted by Gasteiger charge is 2.32. The molecule has 11 nitrogen and oxygen atoms in total. The second kappa shape index (κ2) is 17.9. The van der Waals surface area contributed by atoms with Crippen LogP contribution >= 0.6 is 0 Å². The van der Waals surface area contributed by atoms with Gasteiger partial charge in [0.2, 0.25) is 5.95 Å². The van der Waals surface area contributed by atoms with Crippen molar-refractivity contribution in [2.24, 2.45) is 0 Å². The number of nitrogen functional groups attached to an aromatic ring is 1. The number of hydrogen-bond donors (Lipinski definition) is 1. The van der Waals surface area contributed by atoms with Gasteiger partial charge in [0.25, 0.3) is 0 Å². The van der Waals surface area contributed by atoms with Gasteiger partial charge in [-0.15, -0.1) is 0 Å². The number of halogens is 3. The van der Waals surface area contributed by atoms with Crippen LogP contribution in [0, 0.1) is 17.6 Å². The molecule has 2 aromatic heterocycles. The molecule has 2 aromatic carbocycles. The standard InChI is InChI=1S/C19H19F2NO4.C19H21FN2O4/c2*1-5-26-19(24)15-13(11-6-8-12(20)9-7-11)14(18(23)25-4)16(10(2)3)22-17(15)21/h6-10H,5H2,1-4H3;6-10H,5H2,1-4H3,(H2,21,22). The number of pyridine rings is 2. The molecule has 0 radical (unpaired) electrons. The number of aromatic nitrogens is 2. The quantitative estimate of drug-likeness (QED) is 0.0973. The number of benzene rings is 2. The minimum Gasteiger partial charge on any atom is -0.465 e. The van der Waals surface area contributed by atoms with Crippen LogP contribution in [-0.2, 0) is 18.9 Å². The van der Waals surface area contributed by atoms with Crippen LogP contribution in [0.3, 0.4) is 0 Å². The third-order valence-corrected chi connectivity index (χ3v) is 7.53. The van der Waals surface area contributed by atoms with Crippen LogP contribution in [0.1, 0.15) is 106 Å². The Kier molecular flexibility index (Phi) is 14.0. The van der Waals surface area contributed by atoms with Gasteiger partial charge in [0, 0.05) is 11.1 Å². The van der Waals surface area contributed by atoms with Gasteiger partial charge in [-0.2, -0.15) is 4.39 Å². The number of carbonyl (C=O) groups excluding carboxylic acids is 4. The Bertz CT molecular complexity index is 1810. The van der Waals surface area contributed by atoms with E-state index in [1.807, 2.05) is 13.8 Å². The molecule has 2 heterocycles. The lowest BCUT2D eigenvalue weighted by molar-refractivity contribution is 0.0512. The van der Waals surface area contributed by atoms with E-state index in [4.69, 9.17) is 24.7 Å². The maximum atomic E-state index is 14.7. The predicted molar refractivity (Wildman–Crippen MR) is 186 cm³/mol. The van der Waals surface area contributed by atoms with Crippen molar-refractivity contribution < 1.29 is 51.3 Å². The van der Waals surface area contributed by atoms with E-state index in [2.05, 4.69) is 9.97 Å². The molecule has 52 heavy (non-hydrogen) atoms. The topological polar surface area (TPSA) is 157 Å². The van der Waals surface area contributed by atoms with Gasteiger partial charge in [-0.1, -0.05) is 52.0 Å². The molecule has 0 aliphatic carbocycles. The maximum absolute atomic E-state index is 14.7. The molecule has 0 spiro atoms. The van der Waals surface area contributed by atoms with E-state index in [0.29, 0.717) is 11.3 Å². The lowest BCUT2D eigenvalue weighted by Gasteiger charge is -2.19. The van der Waals surface area contributed by atoms with Gasteiger partial charge in [0.15, 0.2) is 0 Å². The Hall–Kier alpha value is -5.79. The summed E-state index contributed by atoms with van der Waals surface area (Å²) in [6, 6.07) is 10.4. The summed E-state index contributed by atoms with van der Waals surface area (Å²) in [7, 11) is 2.41. The monoisotopic (exact) mass is 723 g/mol. The highest BCUT2D eigenvalue weighted by Crippen LogP contribution is 2.37. The summed E-state index contributed by atoms with van der Waals surface area (Å²) in [5, 5.41) is 0. The van der Waals surface area contributed by atoms with Crippen LogP contribution in [0.4, 0.5) is 19.0 Å². The summed E-state index contributed by atoms with van der Waals surface area (Å²) in [6.07, 6.45) is 0. The summed E-state index contributed by atoms with van der Waals surface area (Å²) < 4.78 is 61.1. The molecule has 2 N–H and O–H groups in total. The highest BCUT2D eigenvalue weighted by molar-refractivity contribution is 6.09. The highest BCUT2D eigenvalue weighted by atomic mass is 19.1. The number of rotatable bonds is 10. The lowest BCUT2D eigenvalue weighted by Crippen LogP contribution is -2.19. The van der Waals surface area contributed by atoms with E-state index in [9.17, 15) is 32.3 Å². The Balaban J connectivity index is 0.000000280. The van der Waals surface area contributed by atoms with Crippen LogP contribution in [0.15, 0.2) is 48.5 Å². The molecule has 0 aliphatic rings. The molecule has 4 aromatic rings. The Labute approximate surface area is 299 Å². The van der Waals surface area contributed by atoms with Crippen LogP contribution in [0.2, 0.25) is 0 Å². The van der Waals surface area contributed by atoms with Crippen molar-refractivity contribution in [3.8, 4) is 22.3 Å². The van der Waals surface area contributed by atoms with Crippen molar-refractivity contribution in [3.05, 3.63) is 99.8 Å². The molecule has 4 rings (SSSR count). The summed E-state index contributed by atoms with van der Waals surface area (Å²) in [6.45, 7) is 10.5. The average molecular weight is 724 g/mol. The largest absolute Gasteiger partial charge is 0.465 e. The third kappa shape index (κ3) is 8.92. The summed E-state index contributed by atoms with van der Waals surface area (Å²) in [4.78, 5) is 57.8. The predicted octanol–water partition coefficient (Wildman–Crippen LogP) is 7.67. The van der Waals surface area contributed by atoms with Gasteiger partial charge >= 0.3 is 23.9 Å². The number of ether oxygens (including phenoxy) is 4. The zero-order valence-corrected chi connectivity index (χ0v) is 30.1. The molecule has 0 atom stereocenters. The van der Waals surface area contributed by atoms with Gasteiger partial charge in [-0.3, -0.25) is 0 Å². The van der Waals surface area contributed by atoms with E-state index in [0.717, 1.165) is 12.1 Å². The zero-order valence-electron chi connectivity index (χ0n) is 30.1. The third-order valence-electron chi connectivity index (χ3n) is 7.53. The Morgan fingerprint density at radius 2 is 0.962 bits per heavy atom. The van der Waals surface area contributed by atoms with Crippen molar-refractivity contribution in [3.63, 3.8) is 0 Å². The van der Waals surface area contributed by atoms with Crippen molar-refractivity contribution >= 4 is 29.7 Å². The van der Waals surface area contributed by atoms with Gasteiger partial charge in [0.05, 0.1) is 49.9 Å². The molecular formula is C38H40F3N3O8. The summed E-state index contributed by atoms with van der Waals surface area (Å²) >= 11 is 0. The molecule has 0 saturated carbocycles. The number of hydrogen-bond acceptors (Lipinski definition) is 11. The van der Waals surface area contributed by atoms with Gasteiger partial charge in [-0.25, -0.2) is 37.9 Å². The SMILES string of the molecule is CCOC(=O)c1c(F)nc(C(C)C)c(C(=O)OC)c1-c1ccc(F)cc1.CCOC(=O)c1c(N)nc(C(C)C)c(C(=O)OC)c1-c1ccc(F)cc1. The minimum absolute atomic E-state index is 0.0145. The molecule has 0 aliphatic heterocycles. The molecule has 0 amide bonds. The van der Waals surface area contributed by atoms with Gasteiger partial charge < -0.3 is 24.7 Å². The normalized spacial score (nSPS) is 10.7. The molecule has 0 bridgehead atoms. The molecular weight excluding hydrogens is 683 g/mol. The first-order valence-electron chi connectivity index (χ1n) is 16.2. The van der Waals surface area contributed by atoms with E-state index in [1.54, 1.807) is 27.7 Å². The molecule has 0 fully saturated rings. The summed E-state index contributed by atoms with van der Waals surface area (Å²) in [5.41, 5.74) is 7.03. The first kappa shape index (κ1) is 40.6. The number of nitrogens with zero attached hydrogens (tertiary/aromatic N) is 2. The number of nitrogens with two attached hydrogens (primary N) is 1. The second-order valence-electron chi connectivity index (χ2n) is 11.7. The smallest absolute Gasteiger partial charge is 0.343 e. The van der Waals surface area contributed by atoms with Crippen LogP contribution < -0.4 is 5.73 Å². The fraction of sp³-hybridized carbons (Fsp3) is 0.316. The van der Waals surface area contributed by atoms with Gasteiger partial charge in [0.1, 0.15) is 28.6 Å². The number of methoxy groups -OCH3 is 2. The maximum Gasteiger partial charge on any atom is 0.343 e. The van der Waals surface area contributed by atoms with Crippen molar-refractivity contribution in [2.45, 2.75) is 53.4 Å². The van der Waals surface area contributed by atoms with Gasteiger partial charge in [-0.05, 0) is 61.1 Å². The molecule has 0 unspecified atom stereocenters. The van der Waals surface area contributed by atoms with Crippen LogP contribution in [0.5, 0.6) is 0 Å². The summed E-state index contributed by atoms with van der Waals surface area (Å²) in [5.74, 6) is -5.66. The first-order valence-corrected chi connectivity index (χ1v) is 16.2. The lowest BCUT2D eigenvalue weighted by atomic mass is 9.90.